The molecule has 1 aromatic rings. The van der Waals surface area contributed by atoms with E-state index in [1.807, 2.05) is 0 Å². The van der Waals surface area contributed by atoms with Crippen molar-refractivity contribution in [1.82, 2.24) is 0 Å². The molecule has 1 rings (SSSR count). The summed E-state index contributed by atoms with van der Waals surface area (Å²) in [5.74, 6) is 0.730. The van der Waals surface area contributed by atoms with Gasteiger partial charge in [-0.2, -0.15) is 0 Å². The maximum absolute atomic E-state index is 5.57. The molecule has 0 aliphatic rings. The lowest BCUT2D eigenvalue weighted by Gasteiger charge is -2.06. The second-order valence-electron chi connectivity index (χ2n) is 4.22. The molecule has 86 valence electrons. The summed E-state index contributed by atoms with van der Waals surface area (Å²) >= 11 is 0. The molecular weight excluding hydrogens is 184 g/mol. The smallest absolute Gasteiger partial charge is 0.0716 e. The van der Waals surface area contributed by atoms with Crippen LogP contribution in [0.15, 0.2) is 24.3 Å². The molecule has 0 saturated heterocycles. The third-order valence-corrected chi connectivity index (χ3v) is 2.23. The second kappa shape index (κ2) is 7.47. The Labute approximate surface area is 94.5 Å². The average Bonchev–Trinajstić information content (AvgIpc) is 2.15. The molecule has 0 aromatic heterocycles. The van der Waals surface area contributed by atoms with Crippen LogP contribution in [0.4, 0.5) is 0 Å². The maximum Gasteiger partial charge on any atom is 0.0716 e. The Morgan fingerprint density at radius 1 is 1.13 bits per heavy atom. The summed E-state index contributed by atoms with van der Waals surface area (Å²) in [5, 5.41) is 0. The Morgan fingerprint density at radius 2 is 1.73 bits per heavy atom. The number of rotatable bonds is 5. The number of ether oxygens (including phenoxy) is 1. The maximum atomic E-state index is 5.57. The van der Waals surface area contributed by atoms with Gasteiger partial charge < -0.3 is 4.74 Å². The number of benzene rings is 1. The molecule has 0 unspecified atom stereocenters. The summed E-state index contributed by atoms with van der Waals surface area (Å²) in [6.45, 7) is 8.15. The standard InChI is InChI=1S/C13H20O.CH4/c1-11(2)8-9-14-10-13-6-4-12(3)5-7-13;/h4-7,11H,8-10H2,1-3H3;1H4. The van der Waals surface area contributed by atoms with Crippen LogP contribution in [0.5, 0.6) is 0 Å². The van der Waals surface area contributed by atoms with Crippen LogP contribution in [0.1, 0.15) is 38.8 Å². The van der Waals surface area contributed by atoms with Crippen LogP contribution in [-0.4, -0.2) is 6.61 Å². The van der Waals surface area contributed by atoms with Gasteiger partial charge in [-0.05, 0) is 24.8 Å². The molecule has 0 radical (unpaired) electrons. The highest BCUT2D eigenvalue weighted by Crippen LogP contribution is 2.06. The fourth-order valence-corrected chi connectivity index (χ4v) is 1.19. The highest BCUT2D eigenvalue weighted by Gasteiger charge is 1.95. The third-order valence-electron chi connectivity index (χ3n) is 2.23. The lowest BCUT2D eigenvalue weighted by molar-refractivity contribution is 0.110. The van der Waals surface area contributed by atoms with Gasteiger partial charge >= 0.3 is 0 Å². The molecule has 1 aromatic carbocycles. The van der Waals surface area contributed by atoms with Gasteiger partial charge in [0.2, 0.25) is 0 Å². The molecule has 0 aliphatic heterocycles. The van der Waals surface area contributed by atoms with Gasteiger partial charge in [0.05, 0.1) is 6.61 Å². The largest absolute Gasteiger partial charge is 0.377 e. The fraction of sp³-hybridized carbons (Fsp3) is 0.571. The number of hydrogen-bond donors (Lipinski definition) is 0. The van der Waals surface area contributed by atoms with Crippen molar-refractivity contribution < 1.29 is 4.74 Å². The molecule has 0 spiro atoms. The first-order chi connectivity index (χ1) is 6.68. The van der Waals surface area contributed by atoms with Crippen molar-refractivity contribution in [1.29, 1.82) is 0 Å². The van der Waals surface area contributed by atoms with Gasteiger partial charge in [-0.1, -0.05) is 51.1 Å². The van der Waals surface area contributed by atoms with Crippen LogP contribution in [0.2, 0.25) is 0 Å². The van der Waals surface area contributed by atoms with Crippen molar-refractivity contribution in [3.05, 3.63) is 35.4 Å². The van der Waals surface area contributed by atoms with Crippen molar-refractivity contribution in [2.75, 3.05) is 6.61 Å². The molecule has 0 N–H and O–H groups in total. The first-order valence-electron chi connectivity index (χ1n) is 5.32. The molecule has 1 heteroatoms. The predicted molar refractivity (Wildman–Crippen MR) is 67.0 cm³/mol. The Kier molecular flexibility index (Phi) is 7.06. The Bertz CT molecular complexity index is 249. The summed E-state index contributed by atoms with van der Waals surface area (Å²) in [7, 11) is 0. The first kappa shape index (κ1) is 14.2. The summed E-state index contributed by atoms with van der Waals surface area (Å²) < 4.78 is 5.57. The topological polar surface area (TPSA) is 9.23 Å². The van der Waals surface area contributed by atoms with Gasteiger partial charge in [0.15, 0.2) is 0 Å². The van der Waals surface area contributed by atoms with Crippen LogP contribution < -0.4 is 0 Å². The summed E-state index contributed by atoms with van der Waals surface area (Å²) in [6.07, 6.45) is 1.14. The van der Waals surface area contributed by atoms with Crippen molar-refractivity contribution in [3.8, 4) is 0 Å². The SMILES string of the molecule is C.Cc1ccc(COCCC(C)C)cc1. The van der Waals surface area contributed by atoms with Crippen LogP contribution in [0.25, 0.3) is 0 Å². The van der Waals surface area contributed by atoms with Gasteiger partial charge in [0.25, 0.3) is 0 Å². The number of aryl methyl sites for hydroxylation is 1. The molecular formula is C14H24O. The van der Waals surface area contributed by atoms with Crippen LogP contribution >= 0.6 is 0 Å². The van der Waals surface area contributed by atoms with Gasteiger partial charge in [-0.25, -0.2) is 0 Å². The zero-order chi connectivity index (χ0) is 10.4. The minimum Gasteiger partial charge on any atom is -0.377 e. The highest BCUT2D eigenvalue weighted by molar-refractivity contribution is 5.20. The Balaban J connectivity index is 0.00000196. The molecule has 0 bridgehead atoms. The molecule has 0 atom stereocenters. The molecule has 0 heterocycles. The van der Waals surface area contributed by atoms with E-state index in [1.165, 1.54) is 11.1 Å². The highest BCUT2D eigenvalue weighted by atomic mass is 16.5. The molecule has 0 amide bonds. The van der Waals surface area contributed by atoms with Gasteiger partial charge in [-0.15, -0.1) is 0 Å². The fourth-order valence-electron chi connectivity index (χ4n) is 1.19. The van der Waals surface area contributed by atoms with E-state index < -0.39 is 0 Å². The van der Waals surface area contributed by atoms with Crippen molar-refractivity contribution in [3.63, 3.8) is 0 Å². The van der Waals surface area contributed by atoms with Crippen LogP contribution in [0.3, 0.4) is 0 Å². The minimum atomic E-state index is 0. The number of hydrogen-bond acceptors (Lipinski definition) is 1. The first-order valence-corrected chi connectivity index (χ1v) is 5.32. The van der Waals surface area contributed by atoms with Gasteiger partial charge in [0.1, 0.15) is 0 Å². The predicted octanol–water partition coefficient (Wildman–Crippen LogP) is 4.19. The normalized spacial score (nSPS) is 10.1. The lowest BCUT2D eigenvalue weighted by atomic mass is 10.1. The minimum absolute atomic E-state index is 0. The quantitative estimate of drug-likeness (QED) is 0.659. The van der Waals surface area contributed by atoms with Crippen molar-refractivity contribution in [2.24, 2.45) is 5.92 Å². The van der Waals surface area contributed by atoms with E-state index in [-0.39, 0.29) is 7.43 Å². The van der Waals surface area contributed by atoms with Crippen molar-refractivity contribution in [2.45, 2.75) is 41.2 Å². The van der Waals surface area contributed by atoms with E-state index in [1.54, 1.807) is 0 Å². The Hall–Kier alpha value is -0.820. The third kappa shape index (κ3) is 6.29. The molecule has 0 saturated carbocycles. The molecule has 0 fully saturated rings. The van der Waals surface area contributed by atoms with E-state index in [0.29, 0.717) is 0 Å². The zero-order valence-electron chi connectivity index (χ0n) is 9.42. The van der Waals surface area contributed by atoms with E-state index in [0.717, 1.165) is 25.6 Å². The zero-order valence-corrected chi connectivity index (χ0v) is 9.42. The van der Waals surface area contributed by atoms with Crippen molar-refractivity contribution >= 4 is 0 Å². The van der Waals surface area contributed by atoms with Gasteiger partial charge in [0, 0.05) is 6.61 Å². The summed E-state index contributed by atoms with van der Waals surface area (Å²) in [5.41, 5.74) is 2.57. The Morgan fingerprint density at radius 3 is 2.27 bits per heavy atom. The van der Waals surface area contributed by atoms with Crippen LogP contribution in [-0.2, 0) is 11.3 Å². The lowest BCUT2D eigenvalue weighted by Crippen LogP contribution is -1.99. The second-order valence-corrected chi connectivity index (χ2v) is 4.22. The van der Waals surface area contributed by atoms with Crippen LogP contribution in [0, 0.1) is 12.8 Å². The van der Waals surface area contributed by atoms with E-state index in [4.69, 9.17) is 4.74 Å². The summed E-state index contributed by atoms with van der Waals surface area (Å²) in [6, 6.07) is 8.51. The van der Waals surface area contributed by atoms with E-state index in [2.05, 4.69) is 45.0 Å². The van der Waals surface area contributed by atoms with E-state index in [9.17, 15) is 0 Å². The molecule has 0 aliphatic carbocycles. The average molecular weight is 208 g/mol. The summed E-state index contributed by atoms with van der Waals surface area (Å²) in [4.78, 5) is 0. The molecule has 15 heavy (non-hydrogen) atoms. The van der Waals surface area contributed by atoms with Gasteiger partial charge in [-0.3, -0.25) is 0 Å². The monoisotopic (exact) mass is 208 g/mol. The van der Waals surface area contributed by atoms with E-state index >= 15 is 0 Å². The molecule has 1 nitrogen and oxygen atoms in total.